The fourth-order valence-electron chi connectivity index (χ4n) is 3.20. The molecule has 2 aliphatic rings. The third-order valence-corrected chi connectivity index (χ3v) is 4.54. The van der Waals surface area contributed by atoms with Crippen LogP contribution in [0.2, 0.25) is 0 Å². The van der Waals surface area contributed by atoms with E-state index in [1.807, 2.05) is 6.07 Å². The second-order valence-corrected chi connectivity index (χ2v) is 6.39. The number of nitro groups is 1. The molecule has 29 heavy (non-hydrogen) atoms. The molecule has 0 bridgehead atoms. The van der Waals surface area contributed by atoms with Crippen LogP contribution in [-0.2, 0) is 14.4 Å². The monoisotopic (exact) mass is 394 g/mol. The van der Waals surface area contributed by atoms with E-state index in [4.69, 9.17) is 0 Å². The Bertz CT molecular complexity index is 1020. The summed E-state index contributed by atoms with van der Waals surface area (Å²) in [5, 5.41) is 22.3. The number of para-hydroxylation sites is 1. The van der Waals surface area contributed by atoms with Crippen molar-refractivity contribution in [1.82, 2.24) is 5.01 Å². The largest absolute Gasteiger partial charge is 0.324 e. The van der Waals surface area contributed by atoms with Gasteiger partial charge in [0.2, 0.25) is 5.91 Å². The van der Waals surface area contributed by atoms with Gasteiger partial charge in [-0.3, -0.25) is 29.5 Å². The summed E-state index contributed by atoms with van der Waals surface area (Å²) in [6, 6.07) is 11.7. The van der Waals surface area contributed by atoms with Gasteiger partial charge in [-0.25, -0.2) is 4.90 Å². The first-order chi connectivity index (χ1) is 14.0. The van der Waals surface area contributed by atoms with Crippen molar-refractivity contribution in [2.75, 3.05) is 16.8 Å². The van der Waals surface area contributed by atoms with Crippen LogP contribution in [0.4, 0.5) is 17.1 Å². The van der Waals surface area contributed by atoms with Crippen molar-refractivity contribution in [3.05, 3.63) is 64.7 Å². The van der Waals surface area contributed by atoms with Crippen molar-refractivity contribution in [3.63, 3.8) is 0 Å². The number of hydrogen-bond donors (Lipinski definition) is 1. The highest BCUT2D eigenvalue weighted by Gasteiger charge is 2.55. The van der Waals surface area contributed by atoms with Gasteiger partial charge in [0.25, 0.3) is 17.5 Å². The molecule has 0 unspecified atom stereocenters. The Kier molecular flexibility index (Phi) is 4.47. The van der Waals surface area contributed by atoms with E-state index in [1.165, 1.54) is 29.3 Å². The summed E-state index contributed by atoms with van der Waals surface area (Å²) in [6.07, 6.45) is 0. The lowest BCUT2D eigenvalue weighted by Gasteiger charge is -2.20. The van der Waals surface area contributed by atoms with E-state index in [0.29, 0.717) is 5.69 Å². The maximum atomic E-state index is 12.8. The second-order valence-electron chi connectivity index (χ2n) is 6.39. The lowest BCUT2D eigenvalue weighted by molar-refractivity contribution is -0.384. The molecule has 11 nitrogen and oxygen atoms in total. The number of non-ortho nitro benzene ring substituents is 1. The van der Waals surface area contributed by atoms with Gasteiger partial charge in [-0.1, -0.05) is 23.4 Å². The number of imide groups is 1. The lowest BCUT2D eigenvalue weighted by atomic mass is 10.1. The second kappa shape index (κ2) is 7.11. The van der Waals surface area contributed by atoms with Crippen LogP contribution in [0.25, 0.3) is 0 Å². The highest BCUT2D eigenvalue weighted by Crippen LogP contribution is 2.32. The van der Waals surface area contributed by atoms with Gasteiger partial charge in [-0.2, -0.15) is 5.11 Å². The average Bonchev–Trinajstić information content (AvgIpc) is 3.22. The van der Waals surface area contributed by atoms with Crippen LogP contribution < -0.4 is 10.2 Å². The predicted octanol–water partition coefficient (Wildman–Crippen LogP) is 1.53. The molecule has 1 fully saturated rings. The van der Waals surface area contributed by atoms with E-state index >= 15 is 0 Å². The van der Waals surface area contributed by atoms with E-state index in [-0.39, 0.29) is 17.9 Å². The summed E-state index contributed by atoms with van der Waals surface area (Å²) in [7, 11) is 0. The van der Waals surface area contributed by atoms with Crippen molar-refractivity contribution in [2.24, 2.45) is 10.3 Å². The van der Waals surface area contributed by atoms with Crippen molar-refractivity contribution >= 4 is 34.8 Å². The quantitative estimate of drug-likeness (QED) is 0.464. The van der Waals surface area contributed by atoms with E-state index in [1.54, 1.807) is 24.3 Å². The number of carbonyl (C=O) groups is 3. The summed E-state index contributed by atoms with van der Waals surface area (Å²) in [5.74, 6) is -1.60. The van der Waals surface area contributed by atoms with E-state index in [0.717, 1.165) is 4.90 Å². The third-order valence-electron chi connectivity index (χ3n) is 4.54. The van der Waals surface area contributed by atoms with Gasteiger partial charge < -0.3 is 5.32 Å². The summed E-state index contributed by atoms with van der Waals surface area (Å²) in [6.45, 7) is -0.257. The standard InChI is InChI=1S/C18H14N6O5/c25-14(19-11-4-2-1-3-5-11)10-22-16-15(20-21-22)17(26)23(18(16)27)12-6-8-13(9-7-12)24(28)29/h1-9,15-16H,10H2,(H,19,25)/t15-,16-/m1/s1. The van der Waals surface area contributed by atoms with Crippen molar-refractivity contribution in [2.45, 2.75) is 12.1 Å². The molecule has 0 saturated carbocycles. The maximum absolute atomic E-state index is 12.8. The molecule has 0 aliphatic carbocycles. The number of amides is 3. The number of nitrogens with zero attached hydrogens (tertiary/aromatic N) is 5. The third kappa shape index (κ3) is 3.29. The van der Waals surface area contributed by atoms with Gasteiger partial charge in [0, 0.05) is 17.8 Å². The Morgan fingerprint density at radius 3 is 2.41 bits per heavy atom. The van der Waals surface area contributed by atoms with Crippen molar-refractivity contribution in [3.8, 4) is 0 Å². The number of hydrogen-bond acceptors (Lipinski definition) is 8. The molecule has 1 N–H and O–H groups in total. The topological polar surface area (TPSA) is 138 Å². The van der Waals surface area contributed by atoms with Gasteiger partial charge in [0.15, 0.2) is 12.1 Å². The first-order valence-corrected chi connectivity index (χ1v) is 8.60. The van der Waals surface area contributed by atoms with Crippen LogP contribution in [0, 0.1) is 10.1 Å². The Morgan fingerprint density at radius 2 is 1.76 bits per heavy atom. The molecule has 3 amide bonds. The zero-order valence-corrected chi connectivity index (χ0v) is 14.8. The molecule has 146 valence electrons. The van der Waals surface area contributed by atoms with Crippen LogP contribution >= 0.6 is 0 Å². The van der Waals surface area contributed by atoms with Crippen molar-refractivity contribution < 1.29 is 19.3 Å². The number of anilines is 2. The Balaban J connectivity index is 1.49. The summed E-state index contributed by atoms with van der Waals surface area (Å²) in [5.41, 5.74) is 0.627. The molecule has 2 aliphatic heterocycles. The van der Waals surface area contributed by atoms with E-state index < -0.39 is 34.7 Å². The smallest absolute Gasteiger partial charge is 0.269 e. The zero-order valence-electron chi connectivity index (χ0n) is 14.8. The minimum absolute atomic E-state index is 0.160. The molecule has 0 spiro atoms. The fourth-order valence-corrected chi connectivity index (χ4v) is 3.20. The highest BCUT2D eigenvalue weighted by molar-refractivity contribution is 6.25. The van der Waals surface area contributed by atoms with Crippen LogP contribution in [0.1, 0.15) is 0 Å². The number of rotatable bonds is 5. The minimum atomic E-state index is -1.05. The lowest BCUT2D eigenvalue weighted by Crippen LogP contribution is -2.43. The summed E-state index contributed by atoms with van der Waals surface area (Å²) >= 11 is 0. The van der Waals surface area contributed by atoms with E-state index in [2.05, 4.69) is 15.7 Å². The first kappa shape index (κ1) is 18.2. The van der Waals surface area contributed by atoms with Gasteiger partial charge in [0.05, 0.1) is 10.6 Å². The van der Waals surface area contributed by atoms with Gasteiger partial charge >= 0.3 is 0 Å². The normalized spacial score (nSPS) is 20.1. The first-order valence-electron chi connectivity index (χ1n) is 8.60. The number of nitrogens with one attached hydrogen (secondary N) is 1. The molecule has 2 atom stereocenters. The minimum Gasteiger partial charge on any atom is -0.324 e. The summed E-state index contributed by atoms with van der Waals surface area (Å²) < 4.78 is 0. The zero-order chi connectivity index (χ0) is 20.5. The Morgan fingerprint density at radius 1 is 1.07 bits per heavy atom. The summed E-state index contributed by atoms with van der Waals surface area (Å²) in [4.78, 5) is 48.9. The molecule has 11 heteroatoms. The molecule has 2 aromatic rings. The highest BCUT2D eigenvalue weighted by atomic mass is 16.6. The van der Waals surface area contributed by atoms with Gasteiger partial charge in [-0.05, 0) is 24.3 Å². The molecular formula is C18H14N6O5. The molecule has 1 saturated heterocycles. The molecule has 0 aromatic heterocycles. The van der Waals surface area contributed by atoms with E-state index in [9.17, 15) is 24.5 Å². The molecule has 4 rings (SSSR count). The molecule has 0 radical (unpaired) electrons. The number of fused-ring (bicyclic) bond motifs is 1. The predicted molar refractivity (Wildman–Crippen MR) is 99.8 cm³/mol. The Labute approximate surface area is 163 Å². The van der Waals surface area contributed by atoms with Crippen LogP contribution in [0.5, 0.6) is 0 Å². The molecular weight excluding hydrogens is 380 g/mol. The average molecular weight is 394 g/mol. The van der Waals surface area contributed by atoms with Gasteiger partial charge in [0.1, 0.15) is 6.54 Å². The number of benzene rings is 2. The fraction of sp³-hybridized carbons (Fsp3) is 0.167. The maximum Gasteiger partial charge on any atom is 0.269 e. The molecule has 2 aromatic carbocycles. The number of carbonyl (C=O) groups excluding carboxylic acids is 3. The van der Waals surface area contributed by atoms with Crippen LogP contribution in [0.3, 0.4) is 0 Å². The SMILES string of the molecule is O=C(CN1N=N[C@H]2C(=O)N(c3ccc([N+](=O)[O-])cc3)C(=O)[C@@H]21)Nc1ccccc1. The molecule has 2 heterocycles. The van der Waals surface area contributed by atoms with Crippen LogP contribution in [-0.4, -0.2) is 46.3 Å². The Hall–Kier alpha value is -4.15. The van der Waals surface area contributed by atoms with Gasteiger partial charge in [-0.15, -0.1) is 0 Å². The number of nitro benzene ring substituents is 1. The van der Waals surface area contributed by atoms with Crippen LogP contribution in [0.15, 0.2) is 64.9 Å². The van der Waals surface area contributed by atoms with Crippen molar-refractivity contribution in [1.29, 1.82) is 0 Å².